The van der Waals surface area contributed by atoms with Crippen molar-refractivity contribution in [2.45, 2.75) is 44.7 Å². The highest BCUT2D eigenvalue weighted by Gasteiger charge is 2.43. The fraction of sp³-hybridized carbons (Fsp3) is 0.375. The molecule has 6 rings (SSSR count). The van der Waals surface area contributed by atoms with Crippen molar-refractivity contribution < 1.29 is 22.7 Å². The molecule has 3 aliphatic rings. The monoisotopic (exact) mass is 454 g/mol. The summed E-state index contributed by atoms with van der Waals surface area (Å²) in [5, 5.41) is 0.797. The van der Waals surface area contributed by atoms with E-state index in [1.54, 1.807) is 23.2 Å². The summed E-state index contributed by atoms with van der Waals surface area (Å²) in [4.78, 5) is 24.1. The average Bonchev–Trinajstić information content (AvgIpc) is 3.43. The maximum atomic E-state index is 13.6. The summed E-state index contributed by atoms with van der Waals surface area (Å²) < 4.78 is 45.2. The van der Waals surface area contributed by atoms with Crippen molar-refractivity contribution in [1.82, 2.24) is 14.9 Å². The number of anilines is 1. The Labute approximate surface area is 187 Å². The Morgan fingerprint density at radius 3 is 2.82 bits per heavy atom. The molecule has 2 aromatic heterocycles. The Morgan fingerprint density at radius 2 is 2.00 bits per heavy atom. The van der Waals surface area contributed by atoms with E-state index in [1.165, 1.54) is 6.07 Å². The van der Waals surface area contributed by atoms with Crippen LogP contribution in [0.15, 0.2) is 30.5 Å². The first-order chi connectivity index (χ1) is 15.8. The van der Waals surface area contributed by atoms with Crippen molar-refractivity contribution in [3.63, 3.8) is 0 Å². The number of benzene rings is 1. The molecule has 1 unspecified atom stereocenters. The van der Waals surface area contributed by atoms with Crippen molar-refractivity contribution in [2.24, 2.45) is 5.92 Å². The normalized spacial score (nSPS) is 21.7. The molecule has 1 fully saturated rings. The van der Waals surface area contributed by atoms with Gasteiger partial charge in [-0.3, -0.25) is 4.79 Å². The Bertz CT molecular complexity index is 1310. The van der Waals surface area contributed by atoms with Crippen LogP contribution >= 0.6 is 0 Å². The lowest BCUT2D eigenvalue weighted by atomic mass is 9.89. The highest BCUT2D eigenvalue weighted by Crippen LogP contribution is 2.47. The number of likely N-dealkylation sites (tertiary alicyclic amines) is 1. The lowest BCUT2D eigenvalue weighted by Gasteiger charge is -2.38. The summed E-state index contributed by atoms with van der Waals surface area (Å²) >= 11 is 0. The van der Waals surface area contributed by atoms with Gasteiger partial charge in [0.1, 0.15) is 11.5 Å². The smallest absolute Gasteiger partial charge is 0.383 e. The molecule has 2 aliphatic heterocycles. The lowest BCUT2D eigenvalue weighted by Crippen LogP contribution is -2.41. The fourth-order valence-corrected chi connectivity index (χ4v) is 5.61. The highest BCUT2D eigenvalue weighted by molar-refractivity contribution is 5.97. The summed E-state index contributed by atoms with van der Waals surface area (Å²) in [6.07, 6.45) is -0.593. The lowest BCUT2D eigenvalue weighted by molar-refractivity contribution is -0.137. The Morgan fingerprint density at radius 1 is 1.18 bits per heavy atom. The number of piperidine rings is 1. The number of aromatic nitrogens is 2. The summed E-state index contributed by atoms with van der Waals surface area (Å²) in [5.41, 5.74) is 9.55. The van der Waals surface area contributed by atoms with Crippen molar-refractivity contribution in [3.05, 3.63) is 64.0 Å². The van der Waals surface area contributed by atoms with Gasteiger partial charge in [-0.1, -0.05) is 6.07 Å². The molecule has 33 heavy (non-hydrogen) atoms. The average molecular weight is 454 g/mol. The third-order valence-electron chi connectivity index (χ3n) is 7.12. The van der Waals surface area contributed by atoms with Crippen LogP contribution in [0.3, 0.4) is 0 Å². The molecule has 2 atom stereocenters. The summed E-state index contributed by atoms with van der Waals surface area (Å²) in [7, 11) is 0. The first kappa shape index (κ1) is 20.4. The van der Waals surface area contributed by atoms with E-state index in [1.807, 2.05) is 0 Å². The molecule has 170 valence electrons. The highest BCUT2D eigenvalue weighted by atomic mass is 19.4. The van der Waals surface area contributed by atoms with Crippen LogP contribution in [-0.2, 0) is 30.5 Å². The second kappa shape index (κ2) is 7.15. The van der Waals surface area contributed by atoms with Gasteiger partial charge in [-0.05, 0) is 60.1 Å². The van der Waals surface area contributed by atoms with Crippen LogP contribution < -0.4 is 5.73 Å². The second-order valence-corrected chi connectivity index (χ2v) is 8.99. The van der Waals surface area contributed by atoms with Crippen LogP contribution in [0.4, 0.5) is 19.0 Å². The number of nitrogens with two attached hydrogens (primary N) is 1. The standard InChI is InChI=1S/C24H21F3N4O2/c25-24(26,27)14-3-4-15-13(7-14)6-12-2-1-5-31(21(12)15)23(32)19-8-16-17-10-33-11-18(17)22(28)30-20(16)9-29-19/h3-4,7-9,12,21H,1-2,5-6,10-11H2,(H2,28,30)/t12?,21-/m1/s1. The van der Waals surface area contributed by atoms with Crippen LogP contribution in [0.25, 0.3) is 10.9 Å². The zero-order valence-corrected chi connectivity index (χ0v) is 17.7. The topological polar surface area (TPSA) is 81.3 Å². The van der Waals surface area contributed by atoms with Crippen molar-refractivity contribution in [1.29, 1.82) is 0 Å². The van der Waals surface area contributed by atoms with Gasteiger partial charge >= 0.3 is 6.18 Å². The minimum Gasteiger partial charge on any atom is -0.383 e. The van der Waals surface area contributed by atoms with E-state index in [0.29, 0.717) is 48.8 Å². The Balaban J connectivity index is 1.38. The van der Waals surface area contributed by atoms with Crippen molar-refractivity contribution in [3.8, 4) is 0 Å². The van der Waals surface area contributed by atoms with E-state index in [4.69, 9.17) is 10.5 Å². The third kappa shape index (κ3) is 3.17. The molecule has 9 heteroatoms. The van der Waals surface area contributed by atoms with Gasteiger partial charge in [-0.2, -0.15) is 13.2 Å². The van der Waals surface area contributed by atoms with Gasteiger partial charge in [0.2, 0.25) is 0 Å². The molecule has 0 saturated carbocycles. The molecular weight excluding hydrogens is 433 g/mol. The molecule has 0 radical (unpaired) electrons. The van der Waals surface area contributed by atoms with E-state index >= 15 is 0 Å². The van der Waals surface area contributed by atoms with E-state index in [0.717, 1.165) is 41.0 Å². The number of fused-ring (bicyclic) bond motifs is 6. The van der Waals surface area contributed by atoms with E-state index in [-0.39, 0.29) is 17.9 Å². The third-order valence-corrected chi connectivity index (χ3v) is 7.12. The van der Waals surface area contributed by atoms with Gasteiger partial charge in [-0.25, -0.2) is 9.97 Å². The number of nitrogens with zero attached hydrogens (tertiary/aromatic N) is 3. The van der Waals surface area contributed by atoms with Crippen LogP contribution in [0.1, 0.15) is 57.2 Å². The fourth-order valence-electron chi connectivity index (χ4n) is 5.61. The molecule has 1 saturated heterocycles. The molecule has 2 N–H and O–H groups in total. The number of carbonyl (C=O) groups excluding carboxylic acids is 1. The number of hydrogen-bond acceptors (Lipinski definition) is 5. The Kier molecular flexibility index (Phi) is 4.42. The number of carbonyl (C=O) groups is 1. The van der Waals surface area contributed by atoms with Crippen LogP contribution in [0.5, 0.6) is 0 Å². The van der Waals surface area contributed by atoms with Gasteiger partial charge in [0, 0.05) is 17.5 Å². The number of alkyl halides is 3. The van der Waals surface area contributed by atoms with Gasteiger partial charge < -0.3 is 15.4 Å². The maximum Gasteiger partial charge on any atom is 0.416 e. The van der Waals surface area contributed by atoms with E-state index in [2.05, 4.69) is 9.97 Å². The van der Waals surface area contributed by atoms with Gasteiger partial charge in [0.15, 0.2) is 0 Å². The molecule has 0 spiro atoms. The predicted octanol–water partition coefficient (Wildman–Crippen LogP) is 4.41. The predicted molar refractivity (Wildman–Crippen MR) is 114 cm³/mol. The second-order valence-electron chi connectivity index (χ2n) is 8.99. The minimum atomic E-state index is -4.38. The molecule has 0 bridgehead atoms. The molecule has 1 aliphatic carbocycles. The van der Waals surface area contributed by atoms with Crippen molar-refractivity contribution in [2.75, 3.05) is 12.3 Å². The molecule has 4 heterocycles. The SMILES string of the molecule is Nc1nc2cnc(C(=O)N3CCCC4Cc5cc(C(F)(F)F)ccc5[C@@H]43)cc2c2c1COC2. The largest absolute Gasteiger partial charge is 0.416 e. The van der Waals surface area contributed by atoms with Crippen molar-refractivity contribution >= 4 is 22.6 Å². The molecular formula is C24H21F3N4O2. The molecule has 3 aromatic rings. The molecule has 1 aromatic carbocycles. The zero-order chi connectivity index (χ0) is 22.9. The van der Waals surface area contributed by atoms with Crippen LogP contribution in [-0.4, -0.2) is 27.3 Å². The molecule has 1 amide bonds. The van der Waals surface area contributed by atoms with E-state index in [9.17, 15) is 18.0 Å². The number of nitrogen functional groups attached to an aromatic ring is 1. The van der Waals surface area contributed by atoms with Gasteiger partial charge in [0.25, 0.3) is 5.91 Å². The number of hydrogen-bond donors (Lipinski definition) is 1. The summed E-state index contributed by atoms with van der Waals surface area (Å²) in [6.45, 7) is 1.34. The van der Waals surface area contributed by atoms with Crippen LogP contribution in [0.2, 0.25) is 0 Å². The zero-order valence-electron chi connectivity index (χ0n) is 17.7. The minimum absolute atomic E-state index is 0.112. The first-order valence-corrected chi connectivity index (χ1v) is 11.0. The maximum absolute atomic E-state index is 13.6. The number of ether oxygens (including phenoxy) is 1. The summed E-state index contributed by atoms with van der Waals surface area (Å²) in [5.74, 6) is 0.306. The van der Waals surface area contributed by atoms with Crippen LogP contribution in [0, 0.1) is 5.92 Å². The summed E-state index contributed by atoms with van der Waals surface area (Å²) in [6, 6.07) is 5.40. The first-order valence-electron chi connectivity index (χ1n) is 11.0. The van der Waals surface area contributed by atoms with Gasteiger partial charge in [0.05, 0.1) is 36.5 Å². The number of rotatable bonds is 1. The number of halogens is 3. The van der Waals surface area contributed by atoms with Gasteiger partial charge in [-0.15, -0.1) is 0 Å². The Hall–Kier alpha value is -3.20. The quantitative estimate of drug-likeness (QED) is 0.589. The van der Waals surface area contributed by atoms with E-state index < -0.39 is 11.7 Å². The number of amides is 1. The number of pyridine rings is 2. The molecule has 6 nitrogen and oxygen atoms in total.